The quantitative estimate of drug-likeness (QED) is 0.511. The van der Waals surface area contributed by atoms with Crippen molar-refractivity contribution in [2.24, 2.45) is 0 Å². The Hall–Kier alpha value is -1.43. The van der Waals surface area contributed by atoms with E-state index in [1.807, 2.05) is 0 Å². The van der Waals surface area contributed by atoms with E-state index in [1.54, 1.807) is 6.92 Å². The lowest BCUT2D eigenvalue weighted by atomic mass is 10.2. The number of nitrogens with zero attached hydrogens (tertiary/aromatic N) is 1. The molecule has 1 N–H and O–H groups in total. The molecule has 17 heavy (non-hydrogen) atoms. The highest BCUT2D eigenvalue weighted by atomic mass is 16.5. The van der Waals surface area contributed by atoms with E-state index in [4.69, 9.17) is 4.74 Å². The molecule has 96 valence electrons. The lowest BCUT2D eigenvalue weighted by Gasteiger charge is -2.22. The summed E-state index contributed by atoms with van der Waals surface area (Å²) >= 11 is 0. The van der Waals surface area contributed by atoms with E-state index in [-0.39, 0.29) is 11.7 Å². The number of amides is 2. The molecule has 0 spiro atoms. The van der Waals surface area contributed by atoms with Crippen molar-refractivity contribution >= 4 is 18.1 Å². The molecule has 0 radical (unpaired) electrons. The minimum Gasteiger partial charge on any atom is -0.351 e. The van der Waals surface area contributed by atoms with Crippen molar-refractivity contribution < 1.29 is 19.1 Å². The van der Waals surface area contributed by atoms with E-state index in [1.165, 1.54) is 11.8 Å². The van der Waals surface area contributed by atoms with Gasteiger partial charge in [-0.05, 0) is 26.7 Å². The van der Waals surface area contributed by atoms with Crippen LogP contribution in [0.5, 0.6) is 0 Å². The number of likely N-dealkylation sites (tertiary alicyclic amines) is 1. The summed E-state index contributed by atoms with van der Waals surface area (Å²) in [5.74, 6) is -0.584. The predicted molar refractivity (Wildman–Crippen MR) is 60.0 cm³/mol. The Morgan fingerprint density at radius 2 is 2.29 bits per heavy atom. The maximum atomic E-state index is 11.9. The molecule has 0 saturated carbocycles. The van der Waals surface area contributed by atoms with Gasteiger partial charge in [0, 0.05) is 13.2 Å². The Morgan fingerprint density at radius 1 is 1.59 bits per heavy atom. The van der Waals surface area contributed by atoms with Crippen LogP contribution in [0.2, 0.25) is 0 Å². The second-order valence-corrected chi connectivity index (χ2v) is 3.96. The molecule has 1 aliphatic rings. The highest BCUT2D eigenvalue weighted by Gasteiger charge is 2.31. The van der Waals surface area contributed by atoms with E-state index in [9.17, 15) is 14.4 Å². The van der Waals surface area contributed by atoms with Crippen molar-refractivity contribution in [1.82, 2.24) is 10.2 Å². The van der Waals surface area contributed by atoms with E-state index in [0.717, 1.165) is 6.42 Å². The average Bonchev–Trinajstić information content (AvgIpc) is 2.76. The number of carbonyl (C=O) groups is 3. The standard InChI is InChI=1S/C11H18N2O4/c1-3-17-11(8(2)15)12-10(16)9-5-4-6-13(9)7-14/h7,9,11H,3-6H2,1-2H3,(H,12,16). The van der Waals surface area contributed by atoms with Crippen molar-refractivity contribution in [2.45, 2.75) is 39.0 Å². The van der Waals surface area contributed by atoms with Crippen molar-refractivity contribution in [2.75, 3.05) is 13.2 Å². The lowest BCUT2D eigenvalue weighted by molar-refractivity contribution is -0.140. The van der Waals surface area contributed by atoms with Crippen LogP contribution in [0.3, 0.4) is 0 Å². The average molecular weight is 242 g/mol. The zero-order valence-corrected chi connectivity index (χ0v) is 10.1. The molecule has 0 bridgehead atoms. The van der Waals surface area contributed by atoms with Crippen molar-refractivity contribution in [3.8, 4) is 0 Å². The number of carbonyl (C=O) groups excluding carboxylic acids is 3. The molecule has 2 amide bonds. The lowest BCUT2D eigenvalue weighted by Crippen LogP contribution is -2.49. The van der Waals surface area contributed by atoms with E-state index in [0.29, 0.717) is 26.0 Å². The Bertz CT molecular complexity index is 306. The van der Waals surface area contributed by atoms with Gasteiger partial charge in [0.2, 0.25) is 12.3 Å². The van der Waals surface area contributed by atoms with Gasteiger partial charge in [0.1, 0.15) is 6.04 Å². The number of ketones is 1. The summed E-state index contributed by atoms with van der Waals surface area (Å²) < 4.78 is 5.11. The molecule has 0 aromatic carbocycles. The summed E-state index contributed by atoms with van der Waals surface area (Å²) in [5, 5.41) is 2.51. The number of rotatable bonds is 6. The molecule has 0 aromatic rings. The summed E-state index contributed by atoms with van der Waals surface area (Å²) in [6.45, 7) is 4.02. The fraction of sp³-hybridized carbons (Fsp3) is 0.727. The van der Waals surface area contributed by atoms with Gasteiger partial charge < -0.3 is 15.0 Å². The van der Waals surface area contributed by atoms with Crippen LogP contribution in [-0.2, 0) is 19.1 Å². The van der Waals surface area contributed by atoms with E-state index < -0.39 is 12.3 Å². The summed E-state index contributed by atoms with van der Waals surface area (Å²) in [7, 11) is 0. The van der Waals surface area contributed by atoms with Gasteiger partial charge in [0.15, 0.2) is 12.0 Å². The summed E-state index contributed by atoms with van der Waals surface area (Å²) in [5.41, 5.74) is 0. The van der Waals surface area contributed by atoms with Crippen LogP contribution < -0.4 is 5.32 Å². The molecular formula is C11H18N2O4. The number of nitrogens with one attached hydrogen (secondary N) is 1. The van der Waals surface area contributed by atoms with E-state index in [2.05, 4.69) is 5.32 Å². The molecule has 1 heterocycles. The number of Topliss-reactive ketones (excluding diaryl/α,β-unsaturated/α-hetero) is 1. The Labute approximate surface area is 100 Å². The monoisotopic (exact) mass is 242 g/mol. The second-order valence-electron chi connectivity index (χ2n) is 3.96. The van der Waals surface area contributed by atoms with Crippen molar-refractivity contribution in [3.63, 3.8) is 0 Å². The van der Waals surface area contributed by atoms with Crippen LogP contribution in [-0.4, -0.2) is 48.4 Å². The molecule has 1 saturated heterocycles. The van der Waals surface area contributed by atoms with Gasteiger partial charge in [-0.25, -0.2) is 0 Å². The molecule has 1 rings (SSSR count). The van der Waals surface area contributed by atoms with Crippen LogP contribution >= 0.6 is 0 Å². The molecule has 0 aromatic heterocycles. The first-order valence-electron chi connectivity index (χ1n) is 5.73. The number of hydrogen-bond acceptors (Lipinski definition) is 4. The highest BCUT2D eigenvalue weighted by Crippen LogP contribution is 2.15. The molecular weight excluding hydrogens is 224 g/mol. The molecule has 2 unspecified atom stereocenters. The second kappa shape index (κ2) is 6.34. The maximum absolute atomic E-state index is 11.9. The van der Waals surface area contributed by atoms with Gasteiger partial charge in [-0.1, -0.05) is 0 Å². The van der Waals surface area contributed by atoms with Gasteiger partial charge >= 0.3 is 0 Å². The molecule has 0 aliphatic carbocycles. The topological polar surface area (TPSA) is 75.7 Å². The summed E-state index contributed by atoms with van der Waals surface area (Å²) in [4.78, 5) is 35.2. The zero-order valence-electron chi connectivity index (χ0n) is 10.1. The molecule has 1 aliphatic heterocycles. The first kappa shape index (κ1) is 13.6. The minimum atomic E-state index is -0.915. The summed E-state index contributed by atoms with van der Waals surface area (Å²) in [6, 6.07) is -0.477. The summed E-state index contributed by atoms with van der Waals surface area (Å²) in [6.07, 6.45) is 1.18. The Balaban J connectivity index is 2.57. The minimum absolute atomic E-state index is 0.254. The van der Waals surface area contributed by atoms with Crippen molar-refractivity contribution in [1.29, 1.82) is 0 Å². The third-order valence-electron chi connectivity index (χ3n) is 2.71. The third-order valence-corrected chi connectivity index (χ3v) is 2.71. The smallest absolute Gasteiger partial charge is 0.245 e. The first-order chi connectivity index (χ1) is 8.10. The van der Waals surface area contributed by atoms with Gasteiger partial charge in [0.25, 0.3) is 0 Å². The Kier molecular flexibility index (Phi) is 5.09. The molecule has 1 fully saturated rings. The van der Waals surface area contributed by atoms with Gasteiger partial charge in [-0.2, -0.15) is 0 Å². The van der Waals surface area contributed by atoms with Crippen LogP contribution in [0.1, 0.15) is 26.7 Å². The van der Waals surface area contributed by atoms with Gasteiger partial charge in [-0.3, -0.25) is 14.4 Å². The van der Waals surface area contributed by atoms with Crippen LogP contribution in [0.4, 0.5) is 0 Å². The Morgan fingerprint density at radius 3 is 2.82 bits per heavy atom. The normalized spacial score (nSPS) is 21.1. The highest BCUT2D eigenvalue weighted by molar-refractivity contribution is 5.89. The van der Waals surface area contributed by atoms with E-state index >= 15 is 0 Å². The van der Waals surface area contributed by atoms with Crippen LogP contribution in [0, 0.1) is 0 Å². The predicted octanol–water partition coefficient (Wildman–Crippen LogP) is -0.325. The third kappa shape index (κ3) is 3.52. The van der Waals surface area contributed by atoms with Crippen LogP contribution in [0.15, 0.2) is 0 Å². The first-order valence-corrected chi connectivity index (χ1v) is 5.73. The largest absolute Gasteiger partial charge is 0.351 e. The molecule has 6 nitrogen and oxygen atoms in total. The fourth-order valence-corrected chi connectivity index (χ4v) is 1.85. The zero-order chi connectivity index (χ0) is 12.8. The molecule has 2 atom stereocenters. The molecule has 6 heteroatoms. The number of ether oxygens (including phenoxy) is 1. The van der Waals surface area contributed by atoms with Gasteiger partial charge in [0.05, 0.1) is 0 Å². The maximum Gasteiger partial charge on any atom is 0.245 e. The van der Waals surface area contributed by atoms with Crippen molar-refractivity contribution in [3.05, 3.63) is 0 Å². The number of hydrogen-bond donors (Lipinski definition) is 1. The van der Waals surface area contributed by atoms with Crippen LogP contribution in [0.25, 0.3) is 0 Å². The van der Waals surface area contributed by atoms with Gasteiger partial charge in [-0.15, -0.1) is 0 Å². The SMILES string of the molecule is CCOC(NC(=O)C1CCCN1C=O)C(C)=O. The fourth-order valence-electron chi connectivity index (χ4n) is 1.85.